The first-order chi connectivity index (χ1) is 9.22. The molecule has 19 heavy (non-hydrogen) atoms. The maximum Gasteiger partial charge on any atom is 0.322 e. The molecule has 0 aliphatic heterocycles. The summed E-state index contributed by atoms with van der Waals surface area (Å²) in [5, 5.41) is 2.61. The molecule has 0 unspecified atom stereocenters. The second-order valence-corrected chi connectivity index (χ2v) is 3.39. The molecule has 0 saturated carbocycles. The van der Waals surface area contributed by atoms with E-state index in [1.165, 1.54) is 20.5 Å². The minimum Gasteiger partial charge on any atom is -0.467 e. The molecule has 2 rings (SSSR count). The third-order valence-electron chi connectivity index (χ3n) is 2.16. The zero-order chi connectivity index (χ0) is 13.7. The zero-order valence-electron chi connectivity index (χ0n) is 10.4. The summed E-state index contributed by atoms with van der Waals surface area (Å²) in [5.74, 6) is 0.180. The van der Waals surface area contributed by atoms with Gasteiger partial charge in [0.25, 0.3) is 5.91 Å². The first kappa shape index (κ1) is 12.8. The van der Waals surface area contributed by atoms with Crippen molar-refractivity contribution in [2.24, 2.45) is 0 Å². The van der Waals surface area contributed by atoms with Crippen molar-refractivity contribution in [1.29, 1.82) is 0 Å². The lowest BCUT2D eigenvalue weighted by atomic mass is 10.4. The van der Waals surface area contributed by atoms with Gasteiger partial charge in [-0.1, -0.05) is 0 Å². The molecule has 8 heteroatoms. The van der Waals surface area contributed by atoms with E-state index in [1.54, 1.807) is 12.1 Å². The number of ether oxygens (including phenoxy) is 2. The predicted molar refractivity (Wildman–Crippen MR) is 62.8 cm³/mol. The second kappa shape index (κ2) is 5.80. The molecule has 2 aromatic heterocycles. The minimum absolute atomic E-state index is 0.106. The standard InChI is InChI=1S/C11H12N4O4/c1-17-10-13-8(14-11(15-10)18-2)6-12-9(16)7-4-3-5-19-7/h3-5H,6H2,1-2H3,(H,12,16). The molecule has 100 valence electrons. The smallest absolute Gasteiger partial charge is 0.322 e. The van der Waals surface area contributed by atoms with Crippen LogP contribution in [0, 0.1) is 0 Å². The van der Waals surface area contributed by atoms with E-state index in [0.29, 0.717) is 5.82 Å². The molecule has 8 nitrogen and oxygen atoms in total. The van der Waals surface area contributed by atoms with Gasteiger partial charge in [-0.2, -0.15) is 9.97 Å². The topological polar surface area (TPSA) is 99.4 Å². The summed E-state index contributed by atoms with van der Waals surface area (Å²) in [6.07, 6.45) is 1.42. The lowest BCUT2D eigenvalue weighted by Crippen LogP contribution is -2.23. The van der Waals surface area contributed by atoms with Crippen LogP contribution < -0.4 is 14.8 Å². The number of nitrogens with one attached hydrogen (secondary N) is 1. The lowest BCUT2D eigenvalue weighted by Gasteiger charge is -2.05. The summed E-state index contributed by atoms with van der Waals surface area (Å²) in [6, 6.07) is 3.43. The maximum atomic E-state index is 11.6. The van der Waals surface area contributed by atoms with Crippen LogP contribution in [-0.4, -0.2) is 35.1 Å². The highest BCUT2D eigenvalue weighted by Gasteiger charge is 2.11. The quantitative estimate of drug-likeness (QED) is 0.834. The third-order valence-corrected chi connectivity index (χ3v) is 2.16. The van der Waals surface area contributed by atoms with Gasteiger partial charge in [0.1, 0.15) is 0 Å². The van der Waals surface area contributed by atoms with Crippen molar-refractivity contribution < 1.29 is 18.7 Å². The average Bonchev–Trinajstić information content (AvgIpc) is 2.98. The van der Waals surface area contributed by atoms with Crippen molar-refractivity contribution in [2.75, 3.05) is 14.2 Å². The van der Waals surface area contributed by atoms with Gasteiger partial charge in [-0.25, -0.2) is 0 Å². The Morgan fingerprint density at radius 2 is 1.95 bits per heavy atom. The van der Waals surface area contributed by atoms with E-state index in [1.807, 2.05) is 0 Å². The summed E-state index contributed by atoms with van der Waals surface area (Å²) in [7, 11) is 2.86. The number of carbonyl (C=O) groups is 1. The van der Waals surface area contributed by atoms with Gasteiger partial charge in [0.2, 0.25) is 0 Å². The van der Waals surface area contributed by atoms with Crippen molar-refractivity contribution in [3.63, 3.8) is 0 Å². The largest absolute Gasteiger partial charge is 0.467 e. The summed E-state index contributed by atoms with van der Waals surface area (Å²) in [5.41, 5.74) is 0. The fourth-order valence-electron chi connectivity index (χ4n) is 1.29. The van der Waals surface area contributed by atoms with E-state index in [0.717, 1.165) is 0 Å². The van der Waals surface area contributed by atoms with Crippen LogP contribution in [-0.2, 0) is 6.54 Å². The molecule has 0 aromatic carbocycles. The Hall–Kier alpha value is -2.64. The monoisotopic (exact) mass is 264 g/mol. The summed E-state index contributed by atoms with van der Waals surface area (Å²) >= 11 is 0. The number of methoxy groups -OCH3 is 2. The molecule has 0 bridgehead atoms. The average molecular weight is 264 g/mol. The van der Waals surface area contributed by atoms with Crippen molar-refractivity contribution in [3.8, 4) is 12.0 Å². The fraction of sp³-hybridized carbons (Fsp3) is 0.273. The van der Waals surface area contributed by atoms with Crippen molar-refractivity contribution in [2.45, 2.75) is 6.54 Å². The molecule has 2 aromatic rings. The van der Waals surface area contributed by atoms with E-state index in [9.17, 15) is 4.79 Å². The highest BCUT2D eigenvalue weighted by atomic mass is 16.5. The van der Waals surface area contributed by atoms with Gasteiger partial charge in [-0.3, -0.25) is 4.79 Å². The van der Waals surface area contributed by atoms with Crippen LogP contribution in [0.15, 0.2) is 22.8 Å². The number of rotatable bonds is 5. The molecular formula is C11H12N4O4. The molecule has 0 aliphatic rings. The number of amides is 1. The van der Waals surface area contributed by atoms with Crippen LogP contribution in [0.4, 0.5) is 0 Å². The first-order valence-electron chi connectivity index (χ1n) is 5.37. The summed E-state index contributed by atoms with van der Waals surface area (Å²) < 4.78 is 14.8. The zero-order valence-corrected chi connectivity index (χ0v) is 10.4. The number of furan rings is 1. The van der Waals surface area contributed by atoms with Crippen LogP contribution in [0.3, 0.4) is 0 Å². The Labute approximate surface area is 108 Å². The summed E-state index contributed by atoms with van der Waals surface area (Å²) in [6.45, 7) is 0.106. The minimum atomic E-state index is -0.358. The van der Waals surface area contributed by atoms with Crippen LogP contribution in [0.25, 0.3) is 0 Å². The maximum absolute atomic E-state index is 11.6. The van der Waals surface area contributed by atoms with E-state index in [2.05, 4.69) is 20.3 Å². The normalized spacial score (nSPS) is 10.0. The van der Waals surface area contributed by atoms with Crippen LogP contribution in [0.1, 0.15) is 16.4 Å². The Bertz CT molecular complexity index is 534. The Kier molecular flexibility index (Phi) is 3.91. The number of hydrogen-bond acceptors (Lipinski definition) is 7. The molecular weight excluding hydrogens is 252 g/mol. The molecule has 1 N–H and O–H groups in total. The van der Waals surface area contributed by atoms with Crippen molar-refractivity contribution >= 4 is 5.91 Å². The molecule has 0 spiro atoms. The van der Waals surface area contributed by atoms with E-state index >= 15 is 0 Å². The van der Waals surface area contributed by atoms with Gasteiger partial charge in [-0.05, 0) is 12.1 Å². The summed E-state index contributed by atoms with van der Waals surface area (Å²) in [4.78, 5) is 23.5. The molecule has 0 aliphatic carbocycles. The highest BCUT2D eigenvalue weighted by molar-refractivity contribution is 5.91. The Morgan fingerprint density at radius 3 is 2.47 bits per heavy atom. The van der Waals surface area contributed by atoms with E-state index in [-0.39, 0.29) is 30.2 Å². The van der Waals surface area contributed by atoms with E-state index < -0.39 is 0 Å². The number of carbonyl (C=O) groups excluding carboxylic acids is 1. The molecule has 0 atom stereocenters. The third kappa shape index (κ3) is 3.18. The number of nitrogens with zero attached hydrogens (tertiary/aromatic N) is 3. The van der Waals surface area contributed by atoms with Crippen LogP contribution in [0.5, 0.6) is 12.0 Å². The molecule has 1 amide bonds. The van der Waals surface area contributed by atoms with Crippen LogP contribution >= 0.6 is 0 Å². The van der Waals surface area contributed by atoms with Crippen LogP contribution in [0.2, 0.25) is 0 Å². The van der Waals surface area contributed by atoms with Gasteiger partial charge in [0.05, 0.1) is 27.0 Å². The highest BCUT2D eigenvalue weighted by Crippen LogP contribution is 2.08. The van der Waals surface area contributed by atoms with Gasteiger partial charge in [0, 0.05) is 0 Å². The molecule has 0 saturated heterocycles. The van der Waals surface area contributed by atoms with Crippen molar-refractivity contribution in [1.82, 2.24) is 20.3 Å². The van der Waals surface area contributed by atoms with Crippen molar-refractivity contribution in [3.05, 3.63) is 30.0 Å². The molecule has 0 radical (unpaired) electrons. The van der Waals surface area contributed by atoms with Gasteiger partial charge in [0.15, 0.2) is 11.6 Å². The van der Waals surface area contributed by atoms with Gasteiger partial charge < -0.3 is 19.2 Å². The van der Waals surface area contributed by atoms with Gasteiger partial charge in [-0.15, -0.1) is 4.98 Å². The molecule has 0 fully saturated rings. The second-order valence-electron chi connectivity index (χ2n) is 3.39. The SMILES string of the molecule is COc1nc(CNC(=O)c2ccco2)nc(OC)n1. The fourth-order valence-corrected chi connectivity index (χ4v) is 1.29. The Morgan fingerprint density at radius 1 is 1.26 bits per heavy atom. The van der Waals surface area contributed by atoms with E-state index in [4.69, 9.17) is 13.9 Å². The number of aromatic nitrogens is 3. The Balaban J connectivity index is 2.04. The number of hydrogen-bond donors (Lipinski definition) is 1. The lowest BCUT2D eigenvalue weighted by molar-refractivity contribution is 0.0921. The molecule has 2 heterocycles. The first-order valence-corrected chi connectivity index (χ1v) is 5.37. The predicted octanol–water partition coefficient (Wildman–Crippen LogP) is 0.412. The van der Waals surface area contributed by atoms with Gasteiger partial charge >= 0.3 is 12.0 Å².